The lowest BCUT2D eigenvalue weighted by atomic mass is 10.1. The third kappa shape index (κ3) is 2.15. The molecule has 5 heteroatoms. The third-order valence-electron chi connectivity index (χ3n) is 2.50. The lowest BCUT2D eigenvalue weighted by Crippen LogP contribution is -1.98. The van der Waals surface area contributed by atoms with E-state index in [1.807, 2.05) is 6.92 Å². The summed E-state index contributed by atoms with van der Waals surface area (Å²) in [7, 11) is 0. The number of aryl methyl sites for hydroxylation is 1. The van der Waals surface area contributed by atoms with Gasteiger partial charge in [-0.3, -0.25) is 4.98 Å². The zero-order valence-corrected chi connectivity index (χ0v) is 11.3. The fourth-order valence-corrected chi connectivity index (χ4v) is 1.96. The average Bonchev–Trinajstić information content (AvgIpc) is 2.31. The number of nitrogens with two attached hydrogens (primary N) is 1. The van der Waals surface area contributed by atoms with Crippen molar-refractivity contribution in [2.45, 2.75) is 6.92 Å². The van der Waals surface area contributed by atoms with E-state index in [-0.39, 0.29) is 5.02 Å². The van der Waals surface area contributed by atoms with Gasteiger partial charge in [-0.05, 0) is 46.6 Å². The van der Waals surface area contributed by atoms with Gasteiger partial charge in [0.15, 0.2) is 5.82 Å². The van der Waals surface area contributed by atoms with Gasteiger partial charge in [-0.25, -0.2) is 4.39 Å². The Kier molecular flexibility index (Phi) is 3.35. The summed E-state index contributed by atoms with van der Waals surface area (Å²) < 4.78 is 14.5. The summed E-state index contributed by atoms with van der Waals surface area (Å²) >= 11 is 9.00. The Hall–Kier alpha value is -1.13. The standard InChI is InChI=1S/C12H9BrClFN2/c1-6-4-5-17-12(11(6)16)7-2-3-8(13)9(14)10(7)15/h2-5H,16H2,1H3. The van der Waals surface area contributed by atoms with Crippen LogP contribution < -0.4 is 5.73 Å². The van der Waals surface area contributed by atoms with Crippen LogP contribution in [-0.4, -0.2) is 4.98 Å². The number of pyridine rings is 1. The van der Waals surface area contributed by atoms with Crippen molar-refractivity contribution in [3.63, 3.8) is 0 Å². The van der Waals surface area contributed by atoms with Crippen LogP contribution in [0, 0.1) is 12.7 Å². The van der Waals surface area contributed by atoms with Crippen molar-refractivity contribution in [2.75, 3.05) is 5.73 Å². The normalized spacial score (nSPS) is 10.6. The van der Waals surface area contributed by atoms with Gasteiger partial charge in [0.05, 0.1) is 16.4 Å². The molecule has 2 nitrogen and oxygen atoms in total. The number of hydrogen-bond acceptors (Lipinski definition) is 2. The minimum absolute atomic E-state index is 0.0326. The molecule has 0 bridgehead atoms. The van der Waals surface area contributed by atoms with Crippen LogP contribution in [0.3, 0.4) is 0 Å². The molecule has 0 aliphatic heterocycles. The first-order valence-corrected chi connectivity index (χ1v) is 6.04. The van der Waals surface area contributed by atoms with Crippen LogP contribution in [0.2, 0.25) is 5.02 Å². The predicted octanol–water partition coefficient (Wildman–Crippen LogP) is 4.19. The molecule has 0 unspecified atom stereocenters. The van der Waals surface area contributed by atoms with E-state index in [1.54, 1.807) is 24.4 Å². The largest absolute Gasteiger partial charge is 0.397 e. The molecule has 0 radical (unpaired) electrons. The minimum Gasteiger partial charge on any atom is -0.397 e. The molecule has 1 aromatic carbocycles. The Bertz CT molecular complexity index is 587. The van der Waals surface area contributed by atoms with Crippen LogP contribution in [0.25, 0.3) is 11.3 Å². The Labute approximate surface area is 112 Å². The first-order chi connectivity index (χ1) is 8.02. The smallest absolute Gasteiger partial charge is 0.152 e. The number of rotatable bonds is 1. The van der Waals surface area contributed by atoms with Gasteiger partial charge in [-0.2, -0.15) is 0 Å². The Balaban J connectivity index is 2.69. The SMILES string of the molecule is Cc1ccnc(-c2ccc(Br)c(Cl)c2F)c1N. The molecule has 88 valence electrons. The van der Waals surface area contributed by atoms with Crippen LogP contribution >= 0.6 is 27.5 Å². The van der Waals surface area contributed by atoms with Crippen molar-refractivity contribution < 1.29 is 4.39 Å². The van der Waals surface area contributed by atoms with Crippen molar-refractivity contribution >= 4 is 33.2 Å². The van der Waals surface area contributed by atoms with Gasteiger partial charge in [0.25, 0.3) is 0 Å². The fourth-order valence-electron chi connectivity index (χ4n) is 1.49. The maximum atomic E-state index is 14.0. The number of hydrogen-bond donors (Lipinski definition) is 1. The summed E-state index contributed by atoms with van der Waals surface area (Å²) in [6, 6.07) is 5.05. The van der Waals surface area contributed by atoms with Gasteiger partial charge in [0, 0.05) is 16.2 Å². The highest BCUT2D eigenvalue weighted by Crippen LogP contribution is 2.34. The maximum absolute atomic E-state index is 14.0. The molecule has 0 atom stereocenters. The summed E-state index contributed by atoms with van der Waals surface area (Å²) in [5.74, 6) is -0.522. The van der Waals surface area contributed by atoms with Gasteiger partial charge >= 0.3 is 0 Å². The van der Waals surface area contributed by atoms with Crippen molar-refractivity contribution in [3.05, 3.63) is 45.3 Å². The van der Waals surface area contributed by atoms with E-state index >= 15 is 0 Å². The number of anilines is 1. The Morgan fingerprint density at radius 1 is 1.35 bits per heavy atom. The van der Waals surface area contributed by atoms with Gasteiger partial charge in [0.2, 0.25) is 0 Å². The molecule has 1 aromatic heterocycles. The monoisotopic (exact) mass is 314 g/mol. The summed E-state index contributed by atoms with van der Waals surface area (Å²) in [6.45, 7) is 1.85. The number of aromatic nitrogens is 1. The van der Waals surface area contributed by atoms with Gasteiger partial charge in [-0.15, -0.1) is 0 Å². The third-order valence-corrected chi connectivity index (χ3v) is 3.76. The molecular formula is C12H9BrClFN2. The highest BCUT2D eigenvalue weighted by Gasteiger charge is 2.15. The molecule has 0 saturated heterocycles. The number of benzene rings is 1. The fraction of sp³-hybridized carbons (Fsp3) is 0.0833. The van der Waals surface area contributed by atoms with Gasteiger partial charge in [-0.1, -0.05) is 11.6 Å². The first kappa shape index (κ1) is 12.3. The van der Waals surface area contributed by atoms with Crippen molar-refractivity contribution in [1.82, 2.24) is 4.98 Å². The molecular weight excluding hydrogens is 307 g/mol. The first-order valence-electron chi connectivity index (χ1n) is 4.87. The molecule has 0 fully saturated rings. The lowest BCUT2D eigenvalue weighted by molar-refractivity contribution is 0.630. The minimum atomic E-state index is -0.522. The molecule has 2 N–H and O–H groups in total. The molecule has 1 heterocycles. The molecule has 0 aliphatic rings. The second-order valence-corrected chi connectivity index (χ2v) is 4.85. The summed E-state index contributed by atoms with van der Waals surface area (Å²) in [4.78, 5) is 4.10. The van der Waals surface area contributed by atoms with Gasteiger partial charge < -0.3 is 5.73 Å². The number of nitrogens with zero attached hydrogens (tertiary/aromatic N) is 1. The Morgan fingerprint density at radius 2 is 2.06 bits per heavy atom. The van der Waals surface area contributed by atoms with E-state index in [2.05, 4.69) is 20.9 Å². The second-order valence-electron chi connectivity index (χ2n) is 3.61. The molecule has 2 aromatic rings. The van der Waals surface area contributed by atoms with Crippen molar-refractivity contribution in [1.29, 1.82) is 0 Å². The highest BCUT2D eigenvalue weighted by atomic mass is 79.9. The second kappa shape index (κ2) is 4.63. The van der Waals surface area contributed by atoms with E-state index in [9.17, 15) is 4.39 Å². The van der Waals surface area contributed by atoms with E-state index in [0.29, 0.717) is 21.4 Å². The molecule has 0 spiro atoms. The highest BCUT2D eigenvalue weighted by molar-refractivity contribution is 9.10. The average molecular weight is 316 g/mol. The van der Waals surface area contributed by atoms with Crippen LogP contribution in [-0.2, 0) is 0 Å². The van der Waals surface area contributed by atoms with Crippen LogP contribution in [0.15, 0.2) is 28.9 Å². The van der Waals surface area contributed by atoms with E-state index in [0.717, 1.165) is 5.56 Å². The van der Waals surface area contributed by atoms with E-state index < -0.39 is 5.82 Å². The Morgan fingerprint density at radius 3 is 2.76 bits per heavy atom. The molecule has 0 aliphatic carbocycles. The predicted molar refractivity (Wildman–Crippen MR) is 71.5 cm³/mol. The van der Waals surface area contributed by atoms with Crippen molar-refractivity contribution in [2.24, 2.45) is 0 Å². The van der Waals surface area contributed by atoms with Crippen molar-refractivity contribution in [3.8, 4) is 11.3 Å². The summed E-state index contributed by atoms with van der Waals surface area (Å²) in [5.41, 5.74) is 7.92. The van der Waals surface area contributed by atoms with Crippen LogP contribution in [0.4, 0.5) is 10.1 Å². The van der Waals surface area contributed by atoms with Gasteiger partial charge in [0.1, 0.15) is 0 Å². The maximum Gasteiger partial charge on any atom is 0.152 e. The topological polar surface area (TPSA) is 38.9 Å². The molecule has 0 amide bonds. The zero-order valence-electron chi connectivity index (χ0n) is 8.97. The number of halogens is 3. The molecule has 2 rings (SSSR count). The van der Waals surface area contributed by atoms with E-state index in [4.69, 9.17) is 17.3 Å². The number of nitrogen functional groups attached to an aromatic ring is 1. The molecule has 0 saturated carbocycles. The lowest BCUT2D eigenvalue weighted by Gasteiger charge is -2.09. The van der Waals surface area contributed by atoms with Crippen LogP contribution in [0.1, 0.15) is 5.56 Å². The van der Waals surface area contributed by atoms with E-state index in [1.165, 1.54) is 0 Å². The quantitative estimate of drug-likeness (QED) is 0.801. The van der Waals surface area contributed by atoms with Crippen LogP contribution in [0.5, 0.6) is 0 Å². The zero-order chi connectivity index (χ0) is 12.6. The molecule has 17 heavy (non-hydrogen) atoms. The summed E-state index contributed by atoms with van der Waals surface area (Å²) in [5, 5.41) is 0.0326. The summed E-state index contributed by atoms with van der Waals surface area (Å²) in [6.07, 6.45) is 1.59.